The normalized spacial score (nSPS) is 11.7. The molecular weight excluding hydrogens is 250 g/mol. The van der Waals surface area contributed by atoms with E-state index < -0.39 is 9.84 Å². The van der Waals surface area contributed by atoms with Crippen LogP contribution in [0.5, 0.6) is 0 Å². The molecule has 0 saturated carbocycles. The van der Waals surface area contributed by atoms with Gasteiger partial charge < -0.3 is 10.5 Å². The number of nitrogens with two attached hydrogens (primary N) is 1. The number of benzene rings is 1. The van der Waals surface area contributed by atoms with Gasteiger partial charge in [-0.2, -0.15) is 0 Å². The molecule has 0 heterocycles. The third kappa shape index (κ3) is 4.31. The predicted octanol–water partition coefficient (Wildman–Crippen LogP) is 2.17. The molecule has 0 radical (unpaired) electrons. The zero-order valence-corrected chi connectivity index (χ0v) is 11.8. The summed E-state index contributed by atoms with van der Waals surface area (Å²) in [5.41, 5.74) is 7.05. The Bertz CT molecular complexity index is 483. The van der Waals surface area contributed by atoms with Crippen LogP contribution in [0.4, 0.5) is 5.69 Å². The van der Waals surface area contributed by atoms with Crippen molar-refractivity contribution in [1.29, 1.82) is 0 Å². The van der Waals surface area contributed by atoms with Gasteiger partial charge >= 0.3 is 0 Å². The van der Waals surface area contributed by atoms with E-state index in [2.05, 4.69) is 6.92 Å². The first-order chi connectivity index (χ1) is 8.47. The van der Waals surface area contributed by atoms with Crippen molar-refractivity contribution in [3.63, 3.8) is 0 Å². The Balaban J connectivity index is 2.60. The zero-order valence-electron chi connectivity index (χ0n) is 11.0. The molecule has 0 aliphatic rings. The van der Waals surface area contributed by atoms with E-state index in [1.807, 2.05) is 0 Å². The summed E-state index contributed by atoms with van der Waals surface area (Å²) in [5, 5.41) is 0. The molecule has 1 aromatic rings. The Morgan fingerprint density at radius 3 is 2.61 bits per heavy atom. The van der Waals surface area contributed by atoms with E-state index >= 15 is 0 Å². The fourth-order valence-electron chi connectivity index (χ4n) is 1.48. The lowest BCUT2D eigenvalue weighted by molar-refractivity contribution is 0.146. The molecule has 0 spiro atoms. The van der Waals surface area contributed by atoms with Gasteiger partial charge in [-0.3, -0.25) is 0 Å². The molecule has 0 aliphatic heterocycles. The first-order valence-electron chi connectivity index (χ1n) is 6.14. The lowest BCUT2D eigenvalue weighted by Crippen LogP contribution is -2.13. The smallest absolute Gasteiger partial charge is 0.180 e. The van der Waals surface area contributed by atoms with Crippen LogP contribution < -0.4 is 5.73 Å². The Morgan fingerprint density at radius 1 is 1.28 bits per heavy atom. The van der Waals surface area contributed by atoms with Crippen molar-refractivity contribution in [2.45, 2.75) is 31.6 Å². The first-order valence-corrected chi connectivity index (χ1v) is 7.79. The summed E-state index contributed by atoms with van der Waals surface area (Å²) in [5.74, 6) is 0.0140. The van der Waals surface area contributed by atoms with Crippen LogP contribution in [0, 0.1) is 6.92 Å². The minimum atomic E-state index is -3.27. The van der Waals surface area contributed by atoms with Gasteiger partial charge in [-0.25, -0.2) is 8.42 Å². The van der Waals surface area contributed by atoms with E-state index in [0.29, 0.717) is 17.2 Å². The SMILES string of the molecule is CCCCOCCS(=O)(=O)c1ccc(N)c(C)c1. The maximum Gasteiger partial charge on any atom is 0.180 e. The summed E-state index contributed by atoms with van der Waals surface area (Å²) >= 11 is 0. The topological polar surface area (TPSA) is 69.4 Å². The number of nitrogen functional groups attached to an aromatic ring is 1. The molecule has 2 N–H and O–H groups in total. The van der Waals surface area contributed by atoms with Crippen molar-refractivity contribution in [2.75, 3.05) is 24.7 Å². The summed E-state index contributed by atoms with van der Waals surface area (Å²) < 4.78 is 29.3. The van der Waals surface area contributed by atoms with Crippen molar-refractivity contribution >= 4 is 15.5 Å². The van der Waals surface area contributed by atoms with Crippen molar-refractivity contribution < 1.29 is 13.2 Å². The number of hydrogen-bond donors (Lipinski definition) is 1. The molecule has 0 amide bonds. The van der Waals surface area contributed by atoms with Gasteiger partial charge in [0, 0.05) is 12.3 Å². The Hall–Kier alpha value is -1.07. The predicted molar refractivity (Wildman–Crippen MR) is 73.4 cm³/mol. The van der Waals surface area contributed by atoms with Crippen molar-refractivity contribution in [2.24, 2.45) is 0 Å². The van der Waals surface area contributed by atoms with E-state index in [0.717, 1.165) is 18.4 Å². The number of ether oxygens (including phenoxy) is 1. The Labute approximate surface area is 109 Å². The number of unbranched alkanes of at least 4 members (excludes halogenated alkanes) is 1. The monoisotopic (exact) mass is 271 g/mol. The molecule has 0 bridgehead atoms. The molecular formula is C13H21NO3S. The summed E-state index contributed by atoms with van der Waals surface area (Å²) in [4.78, 5) is 0.313. The molecule has 0 unspecified atom stereocenters. The van der Waals surface area contributed by atoms with Crippen molar-refractivity contribution in [1.82, 2.24) is 0 Å². The van der Waals surface area contributed by atoms with Crippen LogP contribution in [0.3, 0.4) is 0 Å². The minimum Gasteiger partial charge on any atom is -0.399 e. The third-order valence-electron chi connectivity index (χ3n) is 2.74. The number of hydrogen-bond acceptors (Lipinski definition) is 4. The molecule has 5 heteroatoms. The van der Waals surface area contributed by atoms with Gasteiger partial charge in [0.1, 0.15) is 0 Å². The van der Waals surface area contributed by atoms with Gasteiger partial charge in [0.05, 0.1) is 17.3 Å². The molecule has 4 nitrogen and oxygen atoms in total. The van der Waals surface area contributed by atoms with E-state index in [1.165, 1.54) is 0 Å². The molecule has 102 valence electrons. The second kappa shape index (κ2) is 6.75. The number of sulfone groups is 1. The van der Waals surface area contributed by atoms with E-state index in [-0.39, 0.29) is 12.4 Å². The molecule has 18 heavy (non-hydrogen) atoms. The molecule has 1 rings (SSSR count). The largest absolute Gasteiger partial charge is 0.399 e. The number of aryl methyl sites for hydroxylation is 1. The van der Waals surface area contributed by atoms with Crippen LogP contribution in [0.25, 0.3) is 0 Å². The second-order valence-electron chi connectivity index (χ2n) is 4.30. The van der Waals surface area contributed by atoms with Gasteiger partial charge in [-0.15, -0.1) is 0 Å². The van der Waals surface area contributed by atoms with Crippen LogP contribution in [0.15, 0.2) is 23.1 Å². The standard InChI is InChI=1S/C13H21NO3S/c1-3-4-7-17-8-9-18(15,16)12-5-6-13(14)11(2)10-12/h5-6,10H,3-4,7-9,14H2,1-2H3. The van der Waals surface area contributed by atoms with E-state index in [4.69, 9.17) is 10.5 Å². The zero-order chi connectivity index (χ0) is 13.6. The fourth-order valence-corrected chi connectivity index (χ4v) is 2.68. The molecule has 0 fully saturated rings. The van der Waals surface area contributed by atoms with Crippen molar-refractivity contribution in [3.8, 4) is 0 Å². The third-order valence-corrected chi connectivity index (χ3v) is 4.42. The minimum absolute atomic E-state index is 0.0140. The van der Waals surface area contributed by atoms with Crippen LogP contribution in [0.1, 0.15) is 25.3 Å². The number of anilines is 1. The highest BCUT2D eigenvalue weighted by atomic mass is 32.2. The Kier molecular flexibility index (Phi) is 5.62. The first kappa shape index (κ1) is 15.0. The van der Waals surface area contributed by atoms with Crippen LogP contribution >= 0.6 is 0 Å². The highest BCUT2D eigenvalue weighted by Gasteiger charge is 2.14. The van der Waals surface area contributed by atoms with Crippen molar-refractivity contribution in [3.05, 3.63) is 23.8 Å². The summed E-state index contributed by atoms with van der Waals surface area (Å²) in [6.07, 6.45) is 2.00. The number of rotatable bonds is 7. The lowest BCUT2D eigenvalue weighted by atomic mass is 10.2. The van der Waals surface area contributed by atoms with Crippen LogP contribution in [0.2, 0.25) is 0 Å². The lowest BCUT2D eigenvalue weighted by Gasteiger charge is -2.07. The average molecular weight is 271 g/mol. The van der Waals surface area contributed by atoms with Gasteiger partial charge in [0.25, 0.3) is 0 Å². The van der Waals surface area contributed by atoms with Gasteiger partial charge in [-0.1, -0.05) is 13.3 Å². The average Bonchev–Trinajstić information content (AvgIpc) is 2.32. The van der Waals surface area contributed by atoms with Gasteiger partial charge in [-0.05, 0) is 37.1 Å². The summed E-state index contributed by atoms with van der Waals surface area (Å²) in [7, 11) is -3.27. The van der Waals surface area contributed by atoms with Crippen LogP contribution in [-0.2, 0) is 14.6 Å². The highest BCUT2D eigenvalue weighted by Crippen LogP contribution is 2.17. The maximum absolute atomic E-state index is 12.0. The molecule has 0 aliphatic carbocycles. The summed E-state index contributed by atoms with van der Waals surface area (Å²) in [6.45, 7) is 4.72. The van der Waals surface area contributed by atoms with E-state index in [9.17, 15) is 8.42 Å². The molecule has 0 saturated heterocycles. The Morgan fingerprint density at radius 2 is 2.00 bits per heavy atom. The maximum atomic E-state index is 12.0. The van der Waals surface area contributed by atoms with E-state index in [1.54, 1.807) is 25.1 Å². The van der Waals surface area contributed by atoms with Gasteiger partial charge in [0.2, 0.25) is 0 Å². The summed E-state index contributed by atoms with van der Waals surface area (Å²) in [6, 6.07) is 4.78. The fraction of sp³-hybridized carbons (Fsp3) is 0.538. The molecule has 0 aromatic heterocycles. The molecule has 1 aromatic carbocycles. The molecule has 0 atom stereocenters. The highest BCUT2D eigenvalue weighted by molar-refractivity contribution is 7.91. The second-order valence-corrected chi connectivity index (χ2v) is 6.41. The van der Waals surface area contributed by atoms with Crippen LogP contribution in [-0.4, -0.2) is 27.4 Å². The van der Waals surface area contributed by atoms with Gasteiger partial charge in [0.15, 0.2) is 9.84 Å². The quantitative estimate of drug-likeness (QED) is 0.609.